The van der Waals surface area contributed by atoms with E-state index in [-0.39, 0.29) is 11.8 Å². The lowest BCUT2D eigenvalue weighted by molar-refractivity contribution is -0.128. The van der Waals surface area contributed by atoms with Gasteiger partial charge in [-0.2, -0.15) is 0 Å². The maximum atomic E-state index is 11.7. The zero-order valence-corrected chi connectivity index (χ0v) is 12.3. The van der Waals surface area contributed by atoms with Crippen LogP contribution in [0.25, 0.3) is 0 Å². The lowest BCUT2D eigenvalue weighted by atomic mass is 10.2. The molecule has 5 heteroatoms. The molecule has 5 nitrogen and oxygen atoms in total. The molecule has 0 heterocycles. The molecule has 0 aromatic rings. The van der Waals surface area contributed by atoms with Crippen molar-refractivity contribution < 1.29 is 9.59 Å². The first-order chi connectivity index (χ1) is 8.99. The molecule has 1 unspecified atom stereocenters. The van der Waals surface area contributed by atoms with Crippen molar-refractivity contribution in [3.05, 3.63) is 0 Å². The molecular formula is C14H27N3O2. The van der Waals surface area contributed by atoms with Crippen LogP contribution in [-0.2, 0) is 9.59 Å². The molecule has 0 saturated heterocycles. The number of hydrogen-bond acceptors (Lipinski definition) is 3. The standard InChI is InChI=1S/C14H27N3O2/c1-10(2)8-16-14(19)11(3)17-13(18)9-15-12-6-4-5-7-12/h10-12,15H,4-9H2,1-3H3,(H,16,19)(H,17,18). The van der Waals surface area contributed by atoms with Crippen molar-refractivity contribution in [2.45, 2.75) is 58.5 Å². The number of hydrogen-bond donors (Lipinski definition) is 3. The Kier molecular flexibility index (Phi) is 6.84. The van der Waals surface area contributed by atoms with Crippen LogP contribution in [0.15, 0.2) is 0 Å². The van der Waals surface area contributed by atoms with Crippen LogP contribution in [0.4, 0.5) is 0 Å². The van der Waals surface area contributed by atoms with Gasteiger partial charge in [-0.05, 0) is 25.7 Å². The van der Waals surface area contributed by atoms with Gasteiger partial charge in [-0.3, -0.25) is 9.59 Å². The summed E-state index contributed by atoms with van der Waals surface area (Å²) in [5, 5.41) is 8.76. The zero-order chi connectivity index (χ0) is 14.3. The quantitative estimate of drug-likeness (QED) is 0.640. The number of carbonyl (C=O) groups excluding carboxylic acids is 2. The van der Waals surface area contributed by atoms with E-state index in [4.69, 9.17) is 0 Å². The summed E-state index contributed by atoms with van der Waals surface area (Å²) in [5.41, 5.74) is 0. The van der Waals surface area contributed by atoms with E-state index in [1.54, 1.807) is 6.92 Å². The van der Waals surface area contributed by atoms with Crippen LogP contribution >= 0.6 is 0 Å². The smallest absolute Gasteiger partial charge is 0.242 e. The highest BCUT2D eigenvalue weighted by molar-refractivity contribution is 5.87. The molecule has 0 aliphatic heterocycles. The van der Waals surface area contributed by atoms with E-state index in [1.807, 2.05) is 13.8 Å². The van der Waals surface area contributed by atoms with Crippen molar-refractivity contribution in [1.29, 1.82) is 0 Å². The average molecular weight is 269 g/mol. The van der Waals surface area contributed by atoms with Crippen LogP contribution in [0.3, 0.4) is 0 Å². The monoisotopic (exact) mass is 269 g/mol. The van der Waals surface area contributed by atoms with Crippen LogP contribution in [0, 0.1) is 5.92 Å². The maximum absolute atomic E-state index is 11.7. The van der Waals surface area contributed by atoms with Crippen molar-refractivity contribution in [2.24, 2.45) is 5.92 Å². The molecular weight excluding hydrogens is 242 g/mol. The number of amides is 2. The Labute approximate surface area is 115 Å². The van der Waals surface area contributed by atoms with E-state index in [9.17, 15) is 9.59 Å². The van der Waals surface area contributed by atoms with Crippen molar-refractivity contribution in [1.82, 2.24) is 16.0 Å². The molecule has 0 spiro atoms. The van der Waals surface area contributed by atoms with Crippen molar-refractivity contribution in [3.8, 4) is 0 Å². The van der Waals surface area contributed by atoms with E-state index in [1.165, 1.54) is 12.8 Å². The van der Waals surface area contributed by atoms with Crippen molar-refractivity contribution in [3.63, 3.8) is 0 Å². The Morgan fingerprint density at radius 1 is 1.16 bits per heavy atom. The highest BCUT2D eigenvalue weighted by Crippen LogP contribution is 2.17. The van der Waals surface area contributed by atoms with E-state index in [2.05, 4.69) is 16.0 Å². The topological polar surface area (TPSA) is 70.2 Å². The minimum absolute atomic E-state index is 0.112. The lowest BCUT2D eigenvalue weighted by Gasteiger charge is -2.16. The first kappa shape index (κ1) is 16.0. The molecule has 0 radical (unpaired) electrons. The van der Waals surface area contributed by atoms with Gasteiger partial charge in [0.05, 0.1) is 6.54 Å². The van der Waals surface area contributed by atoms with Gasteiger partial charge in [0, 0.05) is 12.6 Å². The Morgan fingerprint density at radius 2 is 1.79 bits per heavy atom. The zero-order valence-electron chi connectivity index (χ0n) is 12.3. The van der Waals surface area contributed by atoms with Gasteiger partial charge in [0.25, 0.3) is 0 Å². The van der Waals surface area contributed by atoms with Gasteiger partial charge >= 0.3 is 0 Å². The second-order valence-electron chi connectivity index (χ2n) is 5.79. The van der Waals surface area contributed by atoms with Gasteiger partial charge in [-0.1, -0.05) is 26.7 Å². The van der Waals surface area contributed by atoms with Gasteiger partial charge < -0.3 is 16.0 Å². The molecule has 0 bridgehead atoms. The van der Waals surface area contributed by atoms with Crippen LogP contribution in [-0.4, -0.2) is 37.0 Å². The first-order valence-corrected chi connectivity index (χ1v) is 7.29. The second-order valence-corrected chi connectivity index (χ2v) is 5.79. The fourth-order valence-corrected chi connectivity index (χ4v) is 2.18. The molecule has 1 saturated carbocycles. The number of nitrogens with one attached hydrogen (secondary N) is 3. The second kappa shape index (κ2) is 8.15. The highest BCUT2D eigenvalue weighted by Gasteiger charge is 2.18. The van der Waals surface area contributed by atoms with E-state index < -0.39 is 6.04 Å². The lowest BCUT2D eigenvalue weighted by Crippen LogP contribution is -2.48. The molecule has 2 amide bonds. The van der Waals surface area contributed by atoms with Crippen LogP contribution in [0.5, 0.6) is 0 Å². The fraction of sp³-hybridized carbons (Fsp3) is 0.857. The van der Waals surface area contributed by atoms with E-state index in [0.29, 0.717) is 25.0 Å². The first-order valence-electron chi connectivity index (χ1n) is 7.29. The molecule has 0 aromatic heterocycles. The summed E-state index contributed by atoms with van der Waals surface area (Å²) in [5.74, 6) is 0.179. The van der Waals surface area contributed by atoms with Crippen LogP contribution in [0.2, 0.25) is 0 Å². The van der Waals surface area contributed by atoms with Gasteiger partial charge in [0.1, 0.15) is 6.04 Å². The maximum Gasteiger partial charge on any atom is 0.242 e. The predicted octanol–water partition coefficient (Wildman–Crippen LogP) is 0.796. The van der Waals surface area contributed by atoms with Gasteiger partial charge in [-0.15, -0.1) is 0 Å². The van der Waals surface area contributed by atoms with Crippen LogP contribution in [0.1, 0.15) is 46.5 Å². The molecule has 3 N–H and O–H groups in total. The van der Waals surface area contributed by atoms with E-state index >= 15 is 0 Å². The molecule has 110 valence electrons. The summed E-state index contributed by atoms with van der Waals surface area (Å²) in [6, 6.07) is -0.00699. The molecule has 1 atom stereocenters. The minimum Gasteiger partial charge on any atom is -0.354 e. The molecule has 1 aliphatic rings. The highest BCUT2D eigenvalue weighted by atomic mass is 16.2. The molecule has 1 fully saturated rings. The number of rotatable bonds is 7. The third-order valence-electron chi connectivity index (χ3n) is 3.36. The van der Waals surface area contributed by atoms with Crippen LogP contribution < -0.4 is 16.0 Å². The number of carbonyl (C=O) groups is 2. The van der Waals surface area contributed by atoms with E-state index in [0.717, 1.165) is 12.8 Å². The Balaban J connectivity index is 2.17. The Morgan fingerprint density at radius 3 is 2.37 bits per heavy atom. The summed E-state index contributed by atoms with van der Waals surface area (Å²) < 4.78 is 0. The van der Waals surface area contributed by atoms with Crippen molar-refractivity contribution >= 4 is 11.8 Å². The summed E-state index contributed by atoms with van der Waals surface area (Å²) in [4.78, 5) is 23.4. The Hall–Kier alpha value is -1.10. The fourth-order valence-electron chi connectivity index (χ4n) is 2.18. The largest absolute Gasteiger partial charge is 0.354 e. The Bertz CT molecular complexity index is 299. The average Bonchev–Trinajstić information content (AvgIpc) is 2.86. The normalized spacial score (nSPS) is 17.5. The van der Waals surface area contributed by atoms with Gasteiger partial charge in [0.2, 0.25) is 11.8 Å². The third-order valence-corrected chi connectivity index (χ3v) is 3.36. The minimum atomic E-state index is -0.475. The summed E-state index contributed by atoms with van der Waals surface area (Å²) in [6.07, 6.45) is 4.79. The molecule has 19 heavy (non-hydrogen) atoms. The summed E-state index contributed by atoms with van der Waals surface area (Å²) in [6.45, 7) is 6.72. The SMILES string of the molecule is CC(C)CNC(=O)C(C)NC(=O)CNC1CCCC1. The predicted molar refractivity (Wildman–Crippen MR) is 75.7 cm³/mol. The molecule has 1 aliphatic carbocycles. The van der Waals surface area contributed by atoms with Gasteiger partial charge in [0.15, 0.2) is 0 Å². The van der Waals surface area contributed by atoms with Gasteiger partial charge in [-0.25, -0.2) is 0 Å². The van der Waals surface area contributed by atoms with Crippen molar-refractivity contribution in [2.75, 3.05) is 13.1 Å². The third kappa shape index (κ3) is 6.57. The molecule has 1 rings (SSSR count). The molecule has 0 aromatic carbocycles. The summed E-state index contributed by atoms with van der Waals surface area (Å²) in [7, 11) is 0. The summed E-state index contributed by atoms with van der Waals surface area (Å²) >= 11 is 0.